The van der Waals surface area contributed by atoms with Gasteiger partial charge in [-0.15, -0.1) is 0 Å². The van der Waals surface area contributed by atoms with Crippen LogP contribution in [0.1, 0.15) is 25.3 Å². The molecule has 2 aromatic carbocycles. The van der Waals surface area contributed by atoms with Crippen molar-refractivity contribution in [3.05, 3.63) is 59.9 Å². The molecule has 0 fully saturated rings. The van der Waals surface area contributed by atoms with Crippen molar-refractivity contribution < 1.29 is 13.9 Å². The van der Waals surface area contributed by atoms with E-state index in [9.17, 15) is 9.18 Å². The number of rotatable bonds is 5. The van der Waals surface area contributed by atoms with E-state index in [-0.39, 0.29) is 23.3 Å². The van der Waals surface area contributed by atoms with Gasteiger partial charge in [-0.2, -0.15) is 0 Å². The van der Waals surface area contributed by atoms with Crippen molar-refractivity contribution in [3.8, 4) is 5.75 Å². The van der Waals surface area contributed by atoms with Crippen LogP contribution >= 0.6 is 12.2 Å². The predicted octanol–water partition coefficient (Wildman–Crippen LogP) is 3.84. The zero-order valence-electron chi connectivity index (χ0n) is 13.5. The number of hydrogen-bond donors (Lipinski definition) is 2. The van der Waals surface area contributed by atoms with Crippen molar-refractivity contribution in [1.29, 1.82) is 0 Å². The lowest BCUT2D eigenvalue weighted by Gasteiger charge is -2.14. The van der Waals surface area contributed by atoms with Gasteiger partial charge in [0.2, 0.25) is 0 Å². The highest BCUT2D eigenvalue weighted by molar-refractivity contribution is 7.80. The van der Waals surface area contributed by atoms with E-state index in [0.717, 1.165) is 5.56 Å². The number of ether oxygens (including phenoxy) is 1. The standard InChI is InChI=1S/C18H19FN2O2S/c1-12(2)13-7-3-6-10-16(13)23-11-17(22)21-18(24)20-15-9-5-4-8-14(15)19/h3-10,12H,11H2,1-2H3,(H2,20,21,22,24). The molecule has 0 bridgehead atoms. The number of benzene rings is 2. The number of para-hydroxylation sites is 2. The van der Waals surface area contributed by atoms with Gasteiger partial charge in [0.25, 0.3) is 5.91 Å². The lowest BCUT2D eigenvalue weighted by atomic mass is 10.0. The fraction of sp³-hybridized carbons (Fsp3) is 0.222. The van der Waals surface area contributed by atoms with Crippen LogP contribution in [0.2, 0.25) is 0 Å². The monoisotopic (exact) mass is 346 g/mol. The molecule has 2 aromatic rings. The van der Waals surface area contributed by atoms with E-state index in [0.29, 0.717) is 5.75 Å². The maximum Gasteiger partial charge on any atom is 0.264 e. The third-order valence-corrected chi connectivity index (χ3v) is 3.48. The highest BCUT2D eigenvalue weighted by Crippen LogP contribution is 2.25. The van der Waals surface area contributed by atoms with Gasteiger partial charge in [0, 0.05) is 0 Å². The predicted molar refractivity (Wildman–Crippen MR) is 96.8 cm³/mol. The zero-order valence-corrected chi connectivity index (χ0v) is 14.3. The van der Waals surface area contributed by atoms with E-state index in [4.69, 9.17) is 17.0 Å². The summed E-state index contributed by atoms with van der Waals surface area (Å²) in [5.41, 5.74) is 1.23. The topological polar surface area (TPSA) is 50.4 Å². The molecule has 0 saturated carbocycles. The molecular weight excluding hydrogens is 327 g/mol. The molecule has 0 spiro atoms. The van der Waals surface area contributed by atoms with Crippen molar-refractivity contribution in [2.45, 2.75) is 19.8 Å². The smallest absolute Gasteiger partial charge is 0.264 e. The average Bonchev–Trinajstić information content (AvgIpc) is 2.55. The Kier molecular flexibility index (Phi) is 6.26. The number of carbonyl (C=O) groups excluding carboxylic acids is 1. The van der Waals surface area contributed by atoms with Crippen molar-refractivity contribution in [2.24, 2.45) is 0 Å². The SMILES string of the molecule is CC(C)c1ccccc1OCC(=O)NC(=S)Nc1ccccc1F. The van der Waals surface area contributed by atoms with Crippen LogP contribution in [0.15, 0.2) is 48.5 Å². The van der Waals surface area contributed by atoms with Gasteiger partial charge in [0.15, 0.2) is 11.7 Å². The number of nitrogens with one attached hydrogen (secondary N) is 2. The van der Waals surface area contributed by atoms with Crippen LogP contribution in [-0.4, -0.2) is 17.6 Å². The van der Waals surface area contributed by atoms with Crippen molar-refractivity contribution in [1.82, 2.24) is 5.32 Å². The van der Waals surface area contributed by atoms with Gasteiger partial charge < -0.3 is 10.1 Å². The van der Waals surface area contributed by atoms with Gasteiger partial charge in [-0.05, 0) is 41.9 Å². The van der Waals surface area contributed by atoms with Gasteiger partial charge >= 0.3 is 0 Å². The Balaban J connectivity index is 1.88. The highest BCUT2D eigenvalue weighted by Gasteiger charge is 2.11. The van der Waals surface area contributed by atoms with Crippen LogP contribution in [0.4, 0.5) is 10.1 Å². The van der Waals surface area contributed by atoms with Crippen LogP contribution in [-0.2, 0) is 4.79 Å². The maximum atomic E-state index is 13.5. The lowest BCUT2D eigenvalue weighted by molar-refractivity contribution is -0.121. The summed E-state index contributed by atoms with van der Waals surface area (Å²) < 4.78 is 19.1. The number of anilines is 1. The molecule has 126 valence electrons. The van der Waals surface area contributed by atoms with E-state index in [1.165, 1.54) is 12.1 Å². The van der Waals surface area contributed by atoms with Crippen LogP contribution in [0.25, 0.3) is 0 Å². The second kappa shape index (κ2) is 8.40. The summed E-state index contributed by atoms with van der Waals surface area (Å²) in [6.45, 7) is 3.92. The molecule has 2 rings (SSSR count). The first-order chi connectivity index (χ1) is 11.5. The number of thiocarbonyl (C=S) groups is 1. The van der Waals surface area contributed by atoms with E-state index < -0.39 is 11.7 Å². The van der Waals surface area contributed by atoms with E-state index in [1.807, 2.05) is 24.3 Å². The molecule has 0 saturated heterocycles. The summed E-state index contributed by atoms with van der Waals surface area (Å²) in [6.07, 6.45) is 0. The summed E-state index contributed by atoms with van der Waals surface area (Å²) in [4.78, 5) is 11.9. The third-order valence-electron chi connectivity index (χ3n) is 3.27. The van der Waals surface area contributed by atoms with Crippen LogP contribution in [0.3, 0.4) is 0 Å². The molecule has 4 nitrogen and oxygen atoms in total. The molecule has 0 aromatic heterocycles. The molecule has 0 aliphatic carbocycles. The minimum Gasteiger partial charge on any atom is -0.483 e. The van der Waals surface area contributed by atoms with Crippen molar-refractivity contribution in [3.63, 3.8) is 0 Å². The molecule has 0 radical (unpaired) electrons. The molecule has 0 aliphatic rings. The Morgan fingerprint density at radius 3 is 2.54 bits per heavy atom. The Hall–Kier alpha value is -2.47. The first-order valence-electron chi connectivity index (χ1n) is 7.54. The lowest BCUT2D eigenvalue weighted by Crippen LogP contribution is -2.37. The molecule has 0 atom stereocenters. The summed E-state index contributed by atoms with van der Waals surface area (Å²) in [5, 5.41) is 5.12. The average molecular weight is 346 g/mol. The van der Waals surface area contributed by atoms with Gasteiger partial charge in [-0.3, -0.25) is 10.1 Å². The molecule has 0 heterocycles. The fourth-order valence-electron chi connectivity index (χ4n) is 2.11. The number of halogens is 1. The molecular formula is C18H19FN2O2S. The molecule has 1 amide bonds. The maximum absolute atomic E-state index is 13.5. The third kappa shape index (κ3) is 5.03. The van der Waals surface area contributed by atoms with Crippen LogP contribution in [0, 0.1) is 5.82 Å². The number of carbonyl (C=O) groups is 1. The number of hydrogen-bond acceptors (Lipinski definition) is 3. The minimum absolute atomic E-state index is 0.0193. The summed E-state index contributed by atoms with van der Waals surface area (Å²) >= 11 is 5.00. The quantitative estimate of drug-likeness (QED) is 0.808. The largest absolute Gasteiger partial charge is 0.483 e. The van der Waals surface area contributed by atoms with E-state index in [1.54, 1.807) is 12.1 Å². The van der Waals surface area contributed by atoms with Crippen LogP contribution < -0.4 is 15.4 Å². The minimum atomic E-state index is -0.448. The van der Waals surface area contributed by atoms with Gasteiger partial charge in [0.1, 0.15) is 11.6 Å². The van der Waals surface area contributed by atoms with Gasteiger partial charge in [0.05, 0.1) is 5.69 Å². The molecule has 0 aliphatic heterocycles. The Morgan fingerprint density at radius 2 is 1.83 bits per heavy atom. The first kappa shape index (κ1) is 17.9. The molecule has 0 unspecified atom stereocenters. The first-order valence-corrected chi connectivity index (χ1v) is 7.95. The zero-order chi connectivity index (χ0) is 17.5. The Labute approximate surface area is 146 Å². The van der Waals surface area contributed by atoms with Crippen molar-refractivity contribution >= 4 is 28.9 Å². The van der Waals surface area contributed by atoms with Gasteiger partial charge in [-0.25, -0.2) is 4.39 Å². The normalized spacial score (nSPS) is 10.3. The second-order valence-corrected chi connectivity index (χ2v) is 5.87. The fourth-order valence-corrected chi connectivity index (χ4v) is 2.33. The highest BCUT2D eigenvalue weighted by atomic mass is 32.1. The summed E-state index contributed by atoms with van der Waals surface area (Å²) in [7, 11) is 0. The molecule has 6 heteroatoms. The Morgan fingerprint density at radius 1 is 1.17 bits per heavy atom. The van der Waals surface area contributed by atoms with E-state index in [2.05, 4.69) is 24.5 Å². The van der Waals surface area contributed by atoms with Crippen molar-refractivity contribution in [2.75, 3.05) is 11.9 Å². The summed E-state index contributed by atoms with van der Waals surface area (Å²) in [5.74, 6) is 0.0855. The second-order valence-electron chi connectivity index (χ2n) is 5.46. The van der Waals surface area contributed by atoms with E-state index >= 15 is 0 Å². The van der Waals surface area contributed by atoms with Crippen LogP contribution in [0.5, 0.6) is 5.75 Å². The number of amides is 1. The Bertz CT molecular complexity index is 734. The molecule has 24 heavy (non-hydrogen) atoms. The molecule has 2 N–H and O–H groups in total. The summed E-state index contributed by atoms with van der Waals surface area (Å²) in [6, 6.07) is 13.6. The van der Waals surface area contributed by atoms with Gasteiger partial charge in [-0.1, -0.05) is 44.2 Å².